The Morgan fingerprint density at radius 1 is 1.13 bits per heavy atom. The fourth-order valence-electron chi connectivity index (χ4n) is 2.82. The number of amides is 1. The quantitative estimate of drug-likeness (QED) is 0.138. The van der Waals surface area contributed by atoms with Crippen LogP contribution in [0.3, 0.4) is 0 Å². The van der Waals surface area contributed by atoms with Gasteiger partial charge in [0.25, 0.3) is 5.91 Å². The molecular formula is C18H17Cl5N2O3S2. The van der Waals surface area contributed by atoms with Crippen molar-refractivity contribution in [3.63, 3.8) is 0 Å². The van der Waals surface area contributed by atoms with Crippen molar-refractivity contribution in [3.05, 3.63) is 25.1 Å². The molecule has 1 aromatic rings. The van der Waals surface area contributed by atoms with Gasteiger partial charge in [0, 0.05) is 24.2 Å². The largest absolute Gasteiger partial charge is 0.459 e. The molecule has 0 aliphatic carbocycles. The Morgan fingerprint density at radius 3 is 2.20 bits per heavy atom. The highest BCUT2D eigenvalue weighted by Gasteiger charge is 2.54. The molecule has 0 N–H and O–H groups in total. The third kappa shape index (κ3) is 4.54. The zero-order valence-electron chi connectivity index (χ0n) is 16.3. The fraction of sp³-hybridized carbons (Fsp3) is 0.500. The van der Waals surface area contributed by atoms with Crippen molar-refractivity contribution >= 4 is 99.3 Å². The summed E-state index contributed by atoms with van der Waals surface area (Å²) in [5.74, 6) is -0.0782. The molecule has 30 heavy (non-hydrogen) atoms. The van der Waals surface area contributed by atoms with Crippen LogP contribution in [0.25, 0.3) is 0 Å². The van der Waals surface area contributed by atoms with Crippen LogP contribution in [0.5, 0.6) is 0 Å². The number of ether oxygens (including phenoxy) is 1. The summed E-state index contributed by atoms with van der Waals surface area (Å²) in [5, 5.41) is 0.164. The minimum absolute atomic E-state index is 0.0560. The van der Waals surface area contributed by atoms with Crippen molar-refractivity contribution in [3.8, 4) is 0 Å². The van der Waals surface area contributed by atoms with Crippen molar-refractivity contribution in [2.24, 2.45) is 9.81 Å². The predicted molar refractivity (Wildman–Crippen MR) is 127 cm³/mol. The number of carbonyl (C=O) groups excluding carboxylic acids is 2. The summed E-state index contributed by atoms with van der Waals surface area (Å²) < 4.78 is 9.85. The minimum Gasteiger partial charge on any atom is -0.459 e. The maximum atomic E-state index is 12.6. The Bertz CT molecular complexity index is 937. The maximum absolute atomic E-state index is 12.6. The molecule has 1 unspecified atom stereocenters. The van der Waals surface area contributed by atoms with Crippen molar-refractivity contribution < 1.29 is 14.3 Å². The summed E-state index contributed by atoms with van der Waals surface area (Å²) >= 11 is 33.0. The highest BCUT2D eigenvalue weighted by Crippen LogP contribution is 2.49. The van der Waals surface area contributed by atoms with Gasteiger partial charge in [0.1, 0.15) is 16.7 Å². The molecule has 2 aliphatic heterocycles. The molecule has 5 nitrogen and oxygen atoms in total. The number of β-lactam (4-membered cyclic amide) rings is 1. The molecule has 0 spiro atoms. The van der Waals surface area contributed by atoms with E-state index < -0.39 is 11.0 Å². The highest BCUT2D eigenvalue weighted by molar-refractivity contribution is 8.01. The molecule has 2 saturated heterocycles. The number of rotatable bonds is 3. The summed E-state index contributed by atoms with van der Waals surface area (Å²) in [6.45, 7) is 7.51. The van der Waals surface area contributed by atoms with Gasteiger partial charge < -0.3 is 9.64 Å². The van der Waals surface area contributed by atoms with E-state index in [1.807, 2.05) is 20.8 Å². The summed E-state index contributed by atoms with van der Waals surface area (Å²) in [5.41, 5.74) is -1.03. The molecule has 2 atom stereocenters. The van der Waals surface area contributed by atoms with Crippen LogP contribution in [0, 0.1) is 5.41 Å². The molecule has 0 radical (unpaired) electrons. The average Bonchev–Trinajstić information content (AvgIpc) is 2.66. The van der Waals surface area contributed by atoms with E-state index in [1.54, 1.807) is 11.8 Å². The molecule has 1 aromatic carbocycles. The van der Waals surface area contributed by atoms with E-state index in [4.69, 9.17) is 62.7 Å². The predicted octanol–water partition coefficient (Wildman–Crippen LogP) is 6.66. The normalized spacial score (nSPS) is 25.2. The number of hydrogen-bond donors (Lipinski definition) is 0. The molecule has 2 heterocycles. The Kier molecular flexibility index (Phi) is 7.16. The number of esters is 1. The van der Waals surface area contributed by atoms with Crippen LogP contribution >= 0.6 is 81.7 Å². The summed E-state index contributed by atoms with van der Waals surface area (Å²) in [7, 11) is 0. The first-order valence-corrected chi connectivity index (χ1v) is 12.4. The lowest BCUT2D eigenvalue weighted by molar-refractivity contribution is -0.167. The first-order valence-electron chi connectivity index (χ1n) is 8.69. The van der Waals surface area contributed by atoms with E-state index in [0.29, 0.717) is 16.4 Å². The van der Waals surface area contributed by atoms with Crippen LogP contribution in [-0.2, 0) is 14.3 Å². The molecule has 0 aromatic heterocycles. The second kappa shape index (κ2) is 8.73. The molecule has 2 fully saturated rings. The van der Waals surface area contributed by atoms with Crippen molar-refractivity contribution in [1.29, 1.82) is 0 Å². The molecule has 0 bridgehead atoms. The van der Waals surface area contributed by atoms with Gasteiger partial charge in [0.05, 0.1) is 35.4 Å². The highest BCUT2D eigenvalue weighted by atomic mass is 35.5. The molecular weight excluding hydrogens is 534 g/mol. The molecule has 3 rings (SSSR count). The Labute approximate surface area is 208 Å². The number of thioether (sulfide) groups is 1. The van der Waals surface area contributed by atoms with Gasteiger partial charge in [-0.15, -0.1) is 11.8 Å². The first kappa shape index (κ1) is 24.6. The van der Waals surface area contributed by atoms with Gasteiger partial charge in [-0.25, -0.2) is 4.40 Å². The SMILES string of the molecule is CC(C)(C)OC(=O)C1(C)CS[C@@H]2C(=NSc3c(Cl)c(Cl)c(Cl)c(Cl)c3Cl)C(=O)N2C1. The Balaban J connectivity index is 1.76. The van der Waals surface area contributed by atoms with Gasteiger partial charge in [0.2, 0.25) is 0 Å². The monoisotopic (exact) mass is 548 g/mol. The van der Waals surface area contributed by atoms with Crippen LogP contribution < -0.4 is 0 Å². The lowest BCUT2D eigenvalue weighted by Crippen LogP contribution is -2.67. The standard InChI is InChI=1S/C18H17Cl5N2O3S2/c1-17(2,3)28-16(27)18(4)5-25-14(26)12(15(25)29-6-18)24-30-13-10(22)8(20)7(19)9(21)11(13)23/h15H,5-6H2,1-4H3/t15-,18?/m1/s1. The molecule has 164 valence electrons. The lowest BCUT2D eigenvalue weighted by atomic mass is 9.90. The van der Waals surface area contributed by atoms with Gasteiger partial charge in [-0.1, -0.05) is 58.0 Å². The van der Waals surface area contributed by atoms with E-state index in [9.17, 15) is 9.59 Å². The van der Waals surface area contributed by atoms with E-state index >= 15 is 0 Å². The zero-order valence-corrected chi connectivity index (χ0v) is 21.7. The van der Waals surface area contributed by atoms with Crippen LogP contribution in [0.15, 0.2) is 9.29 Å². The lowest BCUT2D eigenvalue weighted by Gasteiger charge is -2.49. The van der Waals surface area contributed by atoms with Gasteiger partial charge in [-0.3, -0.25) is 9.59 Å². The topological polar surface area (TPSA) is 59.0 Å². The Morgan fingerprint density at radius 2 is 1.67 bits per heavy atom. The van der Waals surface area contributed by atoms with E-state index in [-0.39, 0.29) is 48.9 Å². The van der Waals surface area contributed by atoms with Gasteiger partial charge in [-0.05, 0) is 27.7 Å². The summed E-state index contributed by atoms with van der Waals surface area (Å²) in [6.07, 6.45) is 0. The summed E-state index contributed by atoms with van der Waals surface area (Å²) in [4.78, 5) is 27.2. The zero-order chi connectivity index (χ0) is 22.6. The molecule has 0 saturated carbocycles. The van der Waals surface area contributed by atoms with Crippen molar-refractivity contribution in [2.45, 2.75) is 43.6 Å². The molecule has 2 aliphatic rings. The van der Waals surface area contributed by atoms with Gasteiger partial charge in [0.15, 0.2) is 0 Å². The maximum Gasteiger partial charge on any atom is 0.314 e. The number of benzene rings is 1. The number of carbonyl (C=O) groups is 2. The van der Waals surface area contributed by atoms with Crippen LogP contribution in [0.2, 0.25) is 25.1 Å². The van der Waals surface area contributed by atoms with Gasteiger partial charge in [-0.2, -0.15) is 0 Å². The average molecular weight is 551 g/mol. The van der Waals surface area contributed by atoms with Crippen LogP contribution in [-0.4, -0.2) is 45.8 Å². The molecule has 1 amide bonds. The second-order valence-corrected chi connectivity index (χ2v) is 11.9. The van der Waals surface area contributed by atoms with Crippen molar-refractivity contribution in [1.82, 2.24) is 4.90 Å². The molecule has 12 heteroatoms. The number of hydrogen-bond acceptors (Lipinski definition) is 6. The third-order valence-electron chi connectivity index (χ3n) is 4.37. The first-order chi connectivity index (χ1) is 13.8. The number of nitrogens with zero attached hydrogens (tertiary/aromatic N) is 2. The van der Waals surface area contributed by atoms with Crippen molar-refractivity contribution in [2.75, 3.05) is 12.3 Å². The van der Waals surface area contributed by atoms with E-state index in [1.165, 1.54) is 11.8 Å². The van der Waals surface area contributed by atoms with Gasteiger partial charge >= 0.3 is 5.97 Å². The second-order valence-electron chi connectivity index (χ2n) is 8.13. The third-order valence-corrected chi connectivity index (χ3v) is 9.35. The summed E-state index contributed by atoms with van der Waals surface area (Å²) in [6, 6.07) is 0. The Hall–Kier alpha value is -0.0200. The fourth-order valence-corrected chi connectivity index (χ4v) is 6.47. The van der Waals surface area contributed by atoms with E-state index in [0.717, 1.165) is 11.9 Å². The number of fused-ring (bicyclic) bond motifs is 1. The van der Waals surface area contributed by atoms with Crippen LogP contribution in [0.4, 0.5) is 0 Å². The van der Waals surface area contributed by atoms with E-state index in [2.05, 4.69) is 4.40 Å². The smallest absolute Gasteiger partial charge is 0.314 e. The number of halogens is 5. The van der Waals surface area contributed by atoms with Crippen LogP contribution in [0.1, 0.15) is 27.7 Å². The minimum atomic E-state index is -0.785.